The quantitative estimate of drug-likeness (QED) is 0.353. The molecule has 0 saturated heterocycles. The van der Waals surface area contributed by atoms with Crippen molar-refractivity contribution in [2.24, 2.45) is 5.73 Å². The highest BCUT2D eigenvalue weighted by atomic mass is 16.6. The maximum atomic E-state index is 11.5. The Balaban J connectivity index is 2.93. The molecule has 0 amide bonds. The summed E-state index contributed by atoms with van der Waals surface area (Å²) in [7, 11) is 0. The van der Waals surface area contributed by atoms with Crippen molar-refractivity contribution in [3.63, 3.8) is 0 Å². The number of hydrogen-bond acceptors (Lipinski definition) is 5. The lowest BCUT2D eigenvalue weighted by Gasteiger charge is -2.18. The topological polar surface area (TPSA) is 95.5 Å². The van der Waals surface area contributed by atoms with Crippen LogP contribution >= 0.6 is 0 Å². The Labute approximate surface area is 98.5 Å². The largest absolute Gasteiger partial charge is 0.460 e. The number of nitrogens with two attached hydrogens (primary N) is 1. The van der Waals surface area contributed by atoms with Crippen LogP contribution in [0.25, 0.3) is 0 Å². The number of hydrogen-bond donors (Lipinski definition) is 1. The molecule has 2 N–H and O–H groups in total. The first-order valence-electron chi connectivity index (χ1n) is 5.15. The van der Waals surface area contributed by atoms with Gasteiger partial charge in [-0.15, -0.1) is 0 Å². The molecule has 6 heteroatoms. The van der Waals surface area contributed by atoms with E-state index in [1.807, 2.05) is 0 Å². The molecule has 1 atom stereocenters. The Morgan fingerprint density at radius 3 is 2.53 bits per heavy atom. The lowest BCUT2D eigenvalue weighted by molar-refractivity contribution is -0.554. The van der Waals surface area contributed by atoms with E-state index in [1.54, 1.807) is 37.3 Å². The van der Waals surface area contributed by atoms with Crippen molar-refractivity contribution >= 4 is 5.97 Å². The first kappa shape index (κ1) is 13.1. The smallest absolute Gasteiger partial charge is 0.401 e. The zero-order valence-corrected chi connectivity index (χ0v) is 9.46. The monoisotopic (exact) mass is 238 g/mol. The average molecular weight is 238 g/mol. The highest BCUT2D eigenvalue weighted by molar-refractivity contribution is 5.78. The third-order valence-electron chi connectivity index (χ3n) is 2.27. The molecule has 0 aliphatic heterocycles. The van der Waals surface area contributed by atoms with Crippen LogP contribution in [0.15, 0.2) is 30.3 Å². The molecular formula is C11H14N2O4. The minimum absolute atomic E-state index is 0.0560. The zero-order chi connectivity index (χ0) is 12.9. The fraction of sp³-hybridized carbons (Fsp3) is 0.364. The van der Waals surface area contributed by atoms with Gasteiger partial charge in [-0.25, -0.2) is 4.79 Å². The molecule has 0 aliphatic rings. The predicted octanol–water partition coefficient (Wildman–Crippen LogP) is 0.724. The van der Waals surface area contributed by atoms with Gasteiger partial charge in [-0.2, -0.15) is 0 Å². The fourth-order valence-electron chi connectivity index (χ4n) is 1.37. The van der Waals surface area contributed by atoms with Gasteiger partial charge in [0.05, 0.1) is 18.0 Å². The van der Waals surface area contributed by atoms with Gasteiger partial charge in [-0.05, 0) is 12.5 Å². The normalized spacial score (nSPS) is 13.8. The Morgan fingerprint density at radius 1 is 1.47 bits per heavy atom. The number of carbonyl (C=O) groups is 1. The molecule has 0 saturated carbocycles. The summed E-state index contributed by atoms with van der Waals surface area (Å²) in [6, 6.07) is 8.56. The molecule has 0 aromatic heterocycles. The molecule has 0 radical (unpaired) electrons. The fourth-order valence-corrected chi connectivity index (χ4v) is 1.37. The van der Waals surface area contributed by atoms with Crippen LogP contribution in [0.4, 0.5) is 0 Å². The molecule has 0 fully saturated rings. The third-order valence-corrected chi connectivity index (χ3v) is 2.27. The van der Waals surface area contributed by atoms with E-state index in [4.69, 9.17) is 5.73 Å². The molecule has 0 bridgehead atoms. The van der Waals surface area contributed by atoms with Crippen molar-refractivity contribution in [3.8, 4) is 0 Å². The summed E-state index contributed by atoms with van der Waals surface area (Å²) in [5, 5.41) is 10.9. The molecule has 1 aromatic rings. The highest BCUT2D eigenvalue weighted by Crippen LogP contribution is 2.13. The van der Waals surface area contributed by atoms with Crippen molar-refractivity contribution in [3.05, 3.63) is 46.0 Å². The van der Waals surface area contributed by atoms with Gasteiger partial charge in [0, 0.05) is 0 Å². The van der Waals surface area contributed by atoms with Crippen LogP contribution < -0.4 is 5.73 Å². The van der Waals surface area contributed by atoms with Crippen LogP contribution in [0.2, 0.25) is 0 Å². The van der Waals surface area contributed by atoms with Crippen molar-refractivity contribution in [1.82, 2.24) is 0 Å². The van der Waals surface area contributed by atoms with E-state index in [1.165, 1.54) is 0 Å². The van der Waals surface area contributed by atoms with Crippen molar-refractivity contribution < 1.29 is 14.5 Å². The summed E-state index contributed by atoms with van der Waals surface area (Å²) in [6.07, 6.45) is -0.195. The maximum absolute atomic E-state index is 11.5. The molecule has 1 aromatic carbocycles. The Morgan fingerprint density at radius 2 is 2.06 bits per heavy atom. The second-order valence-corrected chi connectivity index (χ2v) is 3.56. The van der Waals surface area contributed by atoms with Crippen molar-refractivity contribution in [1.29, 1.82) is 0 Å². The summed E-state index contributed by atoms with van der Waals surface area (Å²) < 4.78 is 4.63. The lowest BCUT2D eigenvalue weighted by Crippen LogP contribution is -2.57. The Bertz CT molecular complexity index is 407. The van der Waals surface area contributed by atoms with E-state index in [0.717, 1.165) is 0 Å². The van der Waals surface area contributed by atoms with Crippen LogP contribution in [0, 0.1) is 10.1 Å². The molecule has 6 nitrogen and oxygen atoms in total. The molecule has 0 aliphatic carbocycles. The van der Waals surface area contributed by atoms with Crippen molar-refractivity contribution in [2.45, 2.75) is 19.0 Å². The summed E-state index contributed by atoms with van der Waals surface area (Å²) >= 11 is 0. The van der Waals surface area contributed by atoms with E-state index >= 15 is 0 Å². The third kappa shape index (κ3) is 3.01. The van der Waals surface area contributed by atoms with Gasteiger partial charge >= 0.3 is 11.6 Å². The molecular weight excluding hydrogens is 224 g/mol. The molecule has 0 unspecified atom stereocenters. The Kier molecular flexibility index (Phi) is 4.17. The van der Waals surface area contributed by atoms with Gasteiger partial charge < -0.3 is 4.74 Å². The van der Waals surface area contributed by atoms with Gasteiger partial charge in [0.25, 0.3) is 0 Å². The Hall–Kier alpha value is -1.95. The van der Waals surface area contributed by atoms with Crippen LogP contribution in [0.5, 0.6) is 0 Å². The lowest BCUT2D eigenvalue weighted by atomic mass is 10.0. The zero-order valence-electron chi connectivity index (χ0n) is 9.46. The number of nitrogens with zero attached hydrogens (tertiary/aromatic N) is 1. The number of carbonyl (C=O) groups excluding carboxylic acids is 1. The van der Waals surface area contributed by atoms with Gasteiger partial charge in [-0.3, -0.25) is 15.8 Å². The van der Waals surface area contributed by atoms with Crippen LogP contribution in [-0.2, 0) is 16.0 Å². The summed E-state index contributed by atoms with van der Waals surface area (Å²) in [5.41, 5.74) is 3.91. The van der Waals surface area contributed by atoms with Gasteiger partial charge in [0.15, 0.2) is 0 Å². The number of ether oxygens (including phenoxy) is 1. The van der Waals surface area contributed by atoms with E-state index in [-0.39, 0.29) is 13.0 Å². The number of nitro groups is 1. The van der Waals surface area contributed by atoms with Gasteiger partial charge in [0.1, 0.15) is 0 Å². The van der Waals surface area contributed by atoms with Crippen LogP contribution in [-0.4, -0.2) is 23.2 Å². The van der Waals surface area contributed by atoms with E-state index in [9.17, 15) is 14.9 Å². The van der Waals surface area contributed by atoms with Crippen LogP contribution in [0.3, 0.4) is 0 Å². The van der Waals surface area contributed by atoms with Gasteiger partial charge in [0.2, 0.25) is 0 Å². The SMILES string of the molecule is CCOC(=O)[C@@](N)(Cc1ccccc1)[N+](=O)[O-]. The van der Waals surface area contributed by atoms with Crippen LogP contribution in [0.1, 0.15) is 12.5 Å². The summed E-state index contributed by atoms with van der Waals surface area (Å²) in [6.45, 7) is 1.63. The van der Waals surface area contributed by atoms with Crippen molar-refractivity contribution in [2.75, 3.05) is 6.61 Å². The molecule has 92 valence electrons. The number of benzene rings is 1. The minimum Gasteiger partial charge on any atom is -0.460 e. The molecule has 1 rings (SSSR count). The number of rotatable bonds is 5. The maximum Gasteiger partial charge on any atom is 0.401 e. The second-order valence-electron chi connectivity index (χ2n) is 3.56. The summed E-state index contributed by atoms with van der Waals surface area (Å²) in [5.74, 6) is -1.02. The van der Waals surface area contributed by atoms with E-state index in [2.05, 4.69) is 4.74 Å². The predicted molar refractivity (Wildman–Crippen MR) is 60.7 cm³/mol. The molecule has 17 heavy (non-hydrogen) atoms. The first-order chi connectivity index (χ1) is 8.00. The second kappa shape index (κ2) is 5.40. The molecule has 0 heterocycles. The van der Waals surface area contributed by atoms with E-state index in [0.29, 0.717) is 5.56 Å². The molecule has 0 spiro atoms. The van der Waals surface area contributed by atoms with Gasteiger partial charge in [-0.1, -0.05) is 30.3 Å². The first-order valence-corrected chi connectivity index (χ1v) is 5.15. The standard InChI is InChI=1S/C11H14N2O4/c1-2-17-10(14)11(12,13(15)16)8-9-6-4-3-5-7-9/h3-7H,2,8,12H2,1H3/t11-/m1/s1. The summed E-state index contributed by atoms with van der Waals surface area (Å²) in [4.78, 5) is 21.6. The number of esters is 1. The average Bonchev–Trinajstić information content (AvgIpc) is 2.30. The van der Waals surface area contributed by atoms with E-state index < -0.39 is 16.6 Å². The minimum atomic E-state index is -2.22. The highest BCUT2D eigenvalue weighted by Gasteiger charge is 2.48.